The summed E-state index contributed by atoms with van der Waals surface area (Å²) in [6, 6.07) is 16.4. The predicted molar refractivity (Wildman–Crippen MR) is 135 cm³/mol. The van der Waals surface area contributed by atoms with Gasteiger partial charge < -0.3 is 20.5 Å². The van der Waals surface area contributed by atoms with Crippen LogP contribution in [0.5, 0.6) is 0 Å². The Labute approximate surface area is 207 Å². The lowest BCUT2D eigenvalue weighted by atomic mass is 9.94. The fourth-order valence-electron chi connectivity index (χ4n) is 4.78. The number of carboxylic acid groups (broad SMARTS) is 1. The van der Waals surface area contributed by atoms with Crippen LogP contribution in [-0.2, 0) is 14.3 Å². The molecule has 1 unspecified atom stereocenters. The van der Waals surface area contributed by atoms with Crippen LogP contribution in [-0.4, -0.2) is 42.8 Å². The van der Waals surface area contributed by atoms with Crippen LogP contribution in [0.3, 0.4) is 0 Å². The molecular weight excluding hydrogens is 444 g/mol. The summed E-state index contributed by atoms with van der Waals surface area (Å²) >= 11 is 0. The molecule has 3 rings (SSSR count). The molecule has 3 N–H and O–H groups in total. The van der Waals surface area contributed by atoms with Crippen molar-refractivity contribution in [2.45, 2.75) is 46.0 Å². The minimum absolute atomic E-state index is 0.000869. The Kier molecular flexibility index (Phi) is 9.29. The van der Waals surface area contributed by atoms with Crippen molar-refractivity contribution in [2.75, 3.05) is 19.7 Å². The number of nitrogens with one attached hydrogen (secondary N) is 2. The monoisotopic (exact) mass is 480 g/mol. The number of rotatable bonds is 12. The van der Waals surface area contributed by atoms with E-state index in [-0.39, 0.29) is 43.1 Å². The number of ether oxygens (including phenoxy) is 1. The molecule has 2 aromatic rings. The highest BCUT2D eigenvalue weighted by Gasteiger charge is 2.29. The summed E-state index contributed by atoms with van der Waals surface area (Å²) in [5, 5.41) is 14.7. The van der Waals surface area contributed by atoms with Crippen molar-refractivity contribution in [2.24, 2.45) is 17.8 Å². The normalized spacial score (nSPS) is 14.1. The number of aliphatic carboxylic acids is 1. The molecule has 0 saturated heterocycles. The minimum Gasteiger partial charge on any atom is -0.481 e. The Balaban J connectivity index is 1.41. The van der Waals surface area contributed by atoms with Crippen LogP contribution < -0.4 is 10.6 Å². The summed E-state index contributed by atoms with van der Waals surface area (Å²) < 4.78 is 5.54. The third-order valence-corrected chi connectivity index (χ3v) is 6.33. The van der Waals surface area contributed by atoms with Crippen LogP contribution in [0.1, 0.15) is 57.1 Å². The largest absolute Gasteiger partial charge is 0.481 e. The number of hydrogen-bond donors (Lipinski definition) is 3. The van der Waals surface area contributed by atoms with Crippen LogP contribution in [0, 0.1) is 17.8 Å². The maximum Gasteiger partial charge on any atom is 0.407 e. The van der Waals surface area contributed by atoms with Crippen molar-refractivity contribution in [3.05, 3.63) is 59.7 Å². The Morgan fingerprint density at radius 1 is 0.886 bits per heavy atom. The first-order valence-electron chi connectivity index (χ1n) is 12.3. The number of carbonyl (C=O) groups excluding carboxylic acids is 2. The van der Waals surface area contributed by atoms with E-state index in [1.165, 1.54) is 11.1 Å². The van der Waals surface area contributed by atoms with E-state index < -0.39 is 12.1 Å². The van der Waals surface area contributed by atoms with Gasteiger partial charge in [0, 0.05) is 31.8 Å². The third kappa shape index (κ3) is 7.57. The topological polar surface area (TPSA) is 105 Å². The molecule has 0 spiro atoms. The van der Waals surface area contributed by atoms with E-state index in [1.807, 2.05) is 45.0 Å². The van der Waals surface area contributed by atoms with Gasteiger partial charge in [-0.25, -0.2) is 4.79 Å². The molecule has 0 saturated carbocycles. The second-order valence-corrected chi connectivity index (χ2v) is 9.91. The zero-order valence-corrected chi connectivity index (χ0v) is 20.8. The second-order valence-electron chi connectivity index (χ2n) is 9.91. The summed E-state index contributed by atoms with van der Waals surface area (Å²) in [6.45, 7) is 6.85. The van der Waals surface area contributed by atoms with Gasteiger partial charge in [-0.05, 0) is 46.4 Å². The molecule has 1 aliphatic carbocycles. The van der Waals surface area contributed by atoms with E-state index in [4.69, 9.17) is 9.84 Å². The number of benzene rings is 2. The third-order valence-electron chi connectivity index (χ3n) is 6.33. The minimum atomic E-state index is -0.856. The average molecular weight is 481 g/mol. The van der Waals surface area contributed by atoms with Crippen LogP contribution in [0.15, 0.2) is 48.5 Å². The lowest BCUT2D eigenvalue weighted by Gasteiger charge is -2.19. The van der Waals surface area contributed by atoms with Crippen molar-refractivity contribution in [3.63, 3.8) is 0 Å². The highest BCUT2D eigenvalue weighted by molar-refractivity contribution is 5.79. The quantitative estimate of drug-likeness (QED) is 0.405. The highest BCUT2D eigenvalue weighted by atomic mass is 16.5. The number of fused-ring (bicyclic) bond motifs is 3. The predicted octanol–water partition coefficient (Wildman–Crippen LogP) is 4.80. The molecular formula is C28H36N2O5. The van der Waals surface area contributed by atoms with E-state index in [9.17, 15) is 14.4 Å². The number of carbonyl (C=O) groups is 3. The van der Waals surface area contributed by atoms with Gasteiger partial charge in [-0.2, -0.15) is 0 Å². The van der Waals surface area contributed by atoms with E-state index in [0.717, 1.165) is 17.5 Å². The molecule has 0 radical (unpaired) electrons. The Morgan fingerprint density at radius 2 is 1.49 bits per heavy atom. The summed E-state index contributed by atoms with van der Waals surface area (Å²) in [5.41, 5.74) is 4.67. The number of amides is 2. The first-order chi connectivity index (χ1) is 16.7. The van der Waals surface area contributed by atoms with Crippen molar-refractivity contribution in [1.29, 1.82) is 0 Å². The van der Waals surface area contributed by atoms with Crippen molar-refractivity contribution < 1.29 is 24.2 Å². The summed E-state index contributed by atoms with van der Waals surface area (Å²) in [4.78, 5) is 35.7. The van der Waals surface area contributed by atoms with Gasteiger partial charge in [-0.15, -0.1) is 0 Å². The molecule has 7 nitrogen and oxygen atoms in total. The standard InChI is InChI=1S/C28H36N2O5/c1-18(2)12-20(14-27(32)33)16-29-26(31)13-19(3)15-30-28(34)35-17-25-23-10-6-4-8-21(23)22-9-5-7-11-24(22)25/h4-11,18-20,25H,12-17H2,1-3H3,(H,29,31)(H,30,34)(H,32,33)/t19?,20-/m0/s1. The molecule has 0 heterocycles. The molecule has 188 valence electrons. The smallest absolute Gasteiger partial charge is 0.407 e. The highest BCUT2D eigenvalue weighted by Crippen LogP contribution is 2.44. The maximum atomic E-state index is 12.3. The zero-order chi connectivity index (χ0) is 25.4. The van der Waals surface area contributed by atoms with Gasteiger partial charge in [0.1, 0.15) is 6.61 Å². The molecule has 7 heteroatoms. The van der Waals surface area contributed by atoms with E-state index >= 15 is 0 Å². The number of alkyl carbamates (subject to hydrolysis) is 1. The number of carboxylic acids is 1. The fraction of sp³-hybridized carbons (Fsp3) is 0.464. The maximum absolute atomic E-state index is 12.3. The summed E-state index contributed by atoms with van der Waals surface area (Å²) in [6.07, 6.45) is 0.520. The first kappa shape index (κ1) is 26.3. The lowest BCUT2D eigenvalue weighted by Crippen LogP contribution is -2.35. The molecule has 2 amide bonds. The van der Waals surface area contributed by atoms with Gasteiger partial charge in [0.2, 0.25) is 5.91 Å². The Morgan fingerprint density at radius 3 is 2.06 bits per heavy atom. The lowest BCUT2D eigenvalue weighted by molar-refractivity contribution is -0.138. The molecule has 0 aliphatic heterocycles. The zero-order valence-electron chi connectivity index (χ0n) is 20.8. The summed E-state index contributed by atoms with van der Waals surface area (Å²) in [5.74, 6) is -0.821. The van der Waals surface area contributed by atoms with Crippen LogP contribution in [0.2, 0.25) is 0 Å². The van der Waals surface area contributed by atoms with E-state index in [2.05, 4.69) is 34.9 Å². The van der Waals surface area contributed by atoms with Gasteiger partial charge in [0.15, 0.2) is 0 Å². The first-order valence-corrected chi connectivity index (χ1v) is 12.3. The van der Waals surface area contributed by atoms with Gasteiger partial charge in [-0.3, -0.25) is 9.59 Å². The molecule has 2 aromatic carbocycles. The second kappa shape index (κ2) is 12.4. The van der Waals surface area contributed by atoms with E-state index in [1.54, 1.807) is 0 Å². The molecule has 1 aliphatic rings. The van der Waals surface area contributed by atoms with Gasteiger partial charge in [0.25, 0.3) is 0 Å². The molecule has 0 fully saturated rings. The molecule has 0 bridgehead atoms. The van der Waals surface area contributed by atoms with Gasteiger partial charge in [-0.1, -0.05) is 69.3 Å². The molecule has 0 aromatic heterocycles. The molecule has 2 atom stereocenters. The number of hydrogen-bond acceptors (Lipinski definition) is 4. The average Bonchev–Trinajstić information content (AvgIpc) is 3.13. The van der Waals surface area contributed by atoms with Gasteiger partial charge in [0.05, 0.1) is 0 Å². The summed E-state index contributed by atoms with van der Waals surface area (Å²) in [7, 11) is 0. The van der Waals surface area contributed by atoms with Crippen LogP contribution in [0.4, 0.5) is 4.79 Å². The van der Waals surface area contributed by atoms with Crippen molar-refractivity contribution >= 4 is 18.0 Å². The van der Waals surface area contributed by atoms with E-state index in [0.29, 0.717) is 19.0 Å². The SMILES string of the molecule is CC(C)C[C@H](CNC(=O)CC(C)CNC(=O)OCC1c2ccccc2-c2ccccc21)CC(=O)O. The van der Waals surface area contributed by atoms with Crippen LogP contribution >= 0.6 is 0 Å². The molecule has 35 heavy (non-hydrogen) atoms. The van der Waals surface area contributed by atoms with Crippen molar-refractivity contribution in [3.8, 4) is 11.1 Å². The van der Waals surface area contributed by atoms with Crippen molar-refractivity contribution in [1.82, 2.24) is 10.6 Å². The van der Waals surface area contributed by atoms with Gasteiger partial charge >= 0.3 is 12.1 Å². The Bertz CT molecular complexity index is 990. The Hall–Kier alpha value is -3.35. The fourth-order valence-corrected chi connectivity index (χ4v) is 4.78. The van der Waals surface area contributed by atoms with Crippen LogP contribution in [0.25, 0.3) is 11.1 Å².